The fourth-order valence-corrected chi connectivity index (χ4v) is 2.70. The van der Waals surface area contributed by atoms with E-state index < -0.39 is 0 Å². The molecular formula is C11H12FNOS. The number of carbonyl (C=O) groups excluding carboxylic acids is 1. The highest BCUT2D eigenvalue weighted by Crippen LogP contribution is 2.17. The Balaban J connectivity index is 2.01. The van der Waals surface area contributed by atoms with Crippen molar-refractivity contribution in [1.29, 1.82) is 0 Å². The lowest BCUT2D eigenvalue weighted by atomic mass is 10.2. The molecule has 2 rings (SSSR count). The van der Waals surface area contributed by atoms with Gasteiger partial charge >= 0.3 is 0 Å². The highest BCUT2D eigenvalue weighted by Gasteiger charge is 2.18. The van der Waals surface area contributed by atoms with Crippen LogP contribution in [-0.4, -0.2) is 23.5 Å². The molecule has 0 saturated carbocycles. The van der Waals surface area contributed by atoms with Crippen molar-refractivity contribution in [2.45, 2.75) is 12.5 Å². The van der Waals surface area contributed by atoms with Crippen molar-refractivity contribution < 1.29 is 9.18 Å². The van der Waals surface area contributed by atoms with E-state index in [9.17, 15) is 9.18 Å². The van der Waals surface area contributed by atoms with Crippen molar-refractivity contribution >= 4 is 17.7 Å². The summed E-state index contributed by atoms with van der Waals surface area (Å²) in [7, 11) is 0. The molecule has 1 aromatic carbocycles. The minimum Gasteiger partial charge on any atom is -0.348 e. The Bertz CT molecular complexity index is 363. The van der Waals surface area contributed by atoms with E-state index in [1.54, 1.807) is 12.1 Å². The van der Waals surface area contributed by atoms with Crippen LogP contribution in [0.5, 0.6) is 0 Å². The molecule has 1 amide bonds. The number of carbonyl (C=O) groups is 1. The van der Waals surface area contributed by atoms with E-state index >= 15 is 0 Å². The van der Waals surface area contributed by atoms with Crippen molar-refractivity contribution in [2.24, 2.45) is 0 Å². The summed E-state index contributed by atoms with van der Waals surface area (Å²) < 4.78 is 12.9. The molecule has 1 unspecified atom stereocenters. The number of benzene rings is 1. The third kappa shape index (κ3) is 2.72. The molecule has 0 spiro atoms. The van der Waals surface area contributed by atoms with E-state index in [0.717, 1.165) is 17.9 Å². The Morgan fingerprint density at radius 2 is 2.40 bits per heavy atom. The molecular weight excluding hydrogens is 213 g/mol. The zero-order valence-corrected chi connectivity index (χ0v) is 9.02. The second kappa shape index (κ2) is 4.66. The minimum absolute atomic E-state index is 0.179. The fraction of sp³-hybridized carbons (Fsp3) is 0.364. The fourth-order valence-electron chi connectivity index (χ4n) is 1.55. The van der Waals surface area contributed by atoms with E-state index in [-0.39, 0.29) is 17.8 Å². The van der Waals surface area contributed by atoms with E-state index in [0.29, 0.717) is 5.56 Å². The van der Waals surface area contributed by atoms with Crippen LogP contribution in [0.4, 0.5) is 4.39 Å². The summed E-state index contributed by atoms with van der Waals surface area (Å²) in [6.45, 7) is 0. The molecule has 80 valence electrons. The molecule has 1 heterocycles. The molecule has 1 aromatic rings. The van der Waals surface area contributed by atoms with E-state index in [4.69, 9.17) is 0 Å². The summed E-state index contributed by atoms with van der Waals surface area (Å²) in [5, 5.41) is 2.90. The molecule has 0 aliphatic carbocycles. The standard InChI is InChI=1S/C11H12FNOS/c12-9-3-1-2-8(6-9)11(14)13-10-4-5-15-7-10/h1-3,6,10H,4-5,7H2,(H,13,14). The lowest BCUT2D eigenvalue weighted by molar-refractivity contribution is 0.0940. The SMILES string of the molecule is O=C(NC1CCSC1)c1cccc(F)c1. The minimum atomic E-state index is -0.372. The first-order valence-corrected chi connectivity index (χ1v) is 6.05. The summed E-state index contributed by atoms with van der Waals surface area (Å²) >= 11 is 1.83. The van der Waals surface area contributed by atoms with Crippen molar-refractivity contribution in [3.05, 3.63) is 35.6 Å². The smallest absolute Gasteiger partial charge is 0.251 e. The largest absolute Gasteiger partial charge is 0.348 e. The second-order valence-corrected chi connectivity index (χ2v) is 4.69. The monoisotopic (exact) mass is 225 g/mol. The van der Waals surface area contributed by atoms with Crippen LogP contribution in [0.25, 0.3) is 0 Å². The molecule has 15 heavy (non-hydrogen) atoms. The summed E-state index contributed by atoms with van der Waals surface area (Å²) in [4.78, 5) is 11.7. The number of nitrogens with one attached hydrogen (secondary N) is 1. The molecule has 1 saturated heterocycles. The zero-order chi connectivity index (χ0) is 10.7. The average molecular weight is 225 g/mol. The van der Waals surface area contributed by atoms with Gasteiger partial charge in [-0.25, -0.2) is 4.39 Å². The van der Waals surface area contributed by atoms with Gasteiger partial charge in [0.15, 0.2) is 0 Å². The highest BCUT2D eigenvalue weighted by molar-refractivity contribution is 7.99. The first-order chi connectivity index (χ1) is 7.25. The first kappa shape index (κ1) is 10.5. The van der Waals surface area contributed by atoms with Crippen molar-refractivity contribution in [3.63, 3.8) is 0 Å². The zero-order valence-electron chi connectivity index (χ0n) is 8.20. The molecule has 4 heteroatoms. The normalized spacial score (nSPS) is 20.2. The van der Waals surface area contributed by atoms with Crippen LogP contribution in [0.15, 0.2) is 24.3 Å². The Morgan fingerprint density at radius 3 is 3.07 bits per heavy atom. The van der Waals surface area contributed by atoms with Gasteiger partial charge in [0, 0.05) is 17.4 Å². The van der Waals surface area contributed by atoms with Crippen molar-refractivity contribution in [2.75, 3.05) is 11.5 Å². The van der Waals surface area contributed by atoms with Crippen molar-refractivity contribution in [3.8, 4) is 0 Å². The molecule has 1 fully saturated rings. The Labute approximate surface area is 92.3 Å². The quantitative estimate of drug-likeness (QED) is 0.834. The number of amides is 1. The molecule has 0 aromatic heterocycles. The molecule has 0 bridgehead atoms. The van der Waals surface area contributed by atoms with Gasteiger partial charge in [0.25, 0.3) is 5.91 Å². The third-order valence-electron chi connectivity index (χ3n) is 2.35. The highest BCUT2D eigenvalue weighted by atomic mass is 32.2. The maximum absolute atomic E-state index is 12.9. The Hall–Kier alpha value is -1.03. The number of rotatable bonds is 2. The maximum atomic E-state index is 12.9. The van der Waals surface area contributed by atoms with Crippen LogP contribution in [0.2, 0.25) is 0 Å². The van der Waals surface area contributed by atoms with Crippen LogP contribution >= 0.6 is 11.8 Å². The molecule has 1 aliphatic rings. The summed E-state index contributed by atoms with van der Waals surface area (Å²) in [6.07, 6.45) is 1.01. The Kier molecular flexibility index (Phi) is 3.26. The van der Waals surface area contributed by atoms with E-state index in [2.05, 4.69) is 5.32 Å². The predicted octanol–water partition coefficient (Wildman–Crippen LogP) is 2.06. The first-order valence-electron chi connectivity index (χ1n) is 4.90. The van der Waals surface area contributed by atoms with Gasteiger partial charge in [0.05, 0.1) is 0 Å². The van der Waals surface area contributed by atoms with Gasteiger partial charge in [-0.2, -0.15) is 11.8 Å². The van der Waals surface area contributed by atoms with Gasteiger partial charge in [0.1, 0.15) is 5.82 Å². The summed E-state index contributed by atoms with van der Waals surface area (Å²) in [5.74, 6) is 1.50. The van der Waals surface area contributed by atoms with Crippen LogP contribution in [-0.2, 0) is 0 Å². The lowest BCUT2D eigenvalue weighted by Gasteiger charge is -2.10. The topological polar surface area (TPSA) is 29.1 Å². The van der Waals surface area contributed by atoms with Gasteiger partial charge in [-0.3, -0.25) is 4.79 Å². The number of hydrogen-bond donors (Lipinski definition) is 1. The second-order valence-electron chi connectivity index (χ2n) is 3.54. The van der Waals surface area contributed by atoms with Crippen LogP contribution in [0.1, 0.15) is 16.8 Å². The lowest BCUT2D eigenvalue weighted by Crippen LogP contribution is -2.34. The molecule has 0 radical (unpaired) electrons. The van der Waals surface area contributed by atoms with Crippen LogP contribution in [0.3, 0.4) is 0 Å². The van der Waals surface area contributed by atoms with Gasteiger partial charge in [-0.1, -0.05) is 6.07 Å². The maximum Gasteiger partial charge on any atom is 0.251 e. The third-order valence-corrected chi connectivity index (χ3v) is 3.51. The van der Waals surface area contributed by atoms with Crippen molar-refractivity contribution in [1.82, 2.24) is 5.32 Å². The van der Waals surface area contributed by atoms with Gasteiger partial charge in [-0.15, -0.1) is 0 Å². The number of hydrogen-bond acceptors (Lipinski definition) is 2. The molecule has 2 nitrogen and oxygen atoms in total. The summed E-state index contributed by atoms with van der Waals surface area (Å²) in [6, 6.07) is 6.01. The average Bonchev–Trinajstić information content (AvgIpc) is 2.70. The Morgan fingerprint density at radius 1 is 1.53 bits per heavy atom. The van der Waals surface area contributed by atoms with Gasteiger partial charge in [0.2, 0.25) is 0 Å². The molecule has 1 aliphatic heterocycles. The molecule has 1 atom stereocenters. The van der Waals surface area contributed by atoms with E-state index in [1.165, 1.54) is 12.1 Å². The van der Waals surface area contributed by atoms with Gasteiger partial charge in [-0.05, 0) is 30.4 Å². The number of thioether (sulfide) groups is 1. The predicted molar refractivity (Wildman–Crippen MR) is 59.6 cm³/mol. The molecule has 1 N–H and O–H groups in total. The van der Waals surface area contributed by atoms with Gasteiger partial charge < -0.3 is 5.32 Å². The van der Waals surface area contributed by atoms with Crippen LogP contribution < -0.4 is 5.32 Å². The van der Waals surface area contributed by atoms with Crippen LogP contribution in [0, 0.1) is 5.82 Å². The summed E-state index contributed by atoms with van der Waals surface area (Å²) in [5.41, 5.74) is 0.395. The van der Waals surface area contributed by atoms with E-state index in [1.807, 2.05) is 11.8 Å². The number of halogens is 1.